The molecule has 0 aromatic heterocycles. The molecule has 0 aromatic rings. The summed E-state index contributed by atoms with van der Waals surface area (Å²) in [6.45, 7) is 7.10. The molecule has 0 spiro atoms. The highest BCUT2D eigenvalue weighted by atomic mass is 16.6. The highest BCUT2D eigenvalue weighted by molar-refractivity contribution is 5.69. The molecule has 0 N–H and O–H groups in total. The Morgan fingerprint density at radius 3 is 1.96 bits per heavy atom. The summed E-state index contributed by atoms with van der Waals surface area (Å²) >= 11 is 0. The van der Waals surface area contributed by atoms with Gasteiger partial charge in [-0.25, -0.2) is 0 Å². The van der Waals surface area contributed by atoms with Crippen molar-refractivity contribution >= 4 is 5.97 Å². The topological polar surface area (TPSA) is 38.8 Å². The number of hydrogen-bond donors (Lipinski definition) is 0. The van der Waals surface area contributed by atoms with Gasteiger partial charge in [0.25, 0.3) is 0 Å². The molecule has 0 saturated carbocycles. The van der Waals surface area contributed by atoms with Crippen LogP contribution in [0.2, 0.25) is 0 Å². The summed E-state index contributed by atoms with van der Waals surface area (Å²) in [5.74, 6) is 0.461. The van der Waals surface area contributed by atoms with Gasteiger partial charge in [0, 0.05) is 6.42 Å². The van der Waals surface area contributed by atoms with Crippen molar-refractivity contribution in [2.45, 2.75) is 129 Å². The Balaban J connectivity index is 1.79. The summed E-state index contributed by atoms with van der Waals surface area (Å²) in [4.78, 5) is 11.6. The molecule has 1 saturated heterocycles. The number of carbonyl (C=O) groups is 1. The maximum atomic E-state index is 11.6. The van der Waals surface area contributed by atoms with E-state index >= 15 is 0 Å². The quantitative estimate of drug-likeness (QED) is 0.151. The molecule has 0 bridgehead atoms. The lowest BCUT2D eigenvalue weighted by atomic mass is 10.0. The molecule has 1 aliphatic heterocycles. The van der Waals surface area contributed by atoms with Crippen LogP contribution >= 0.6 is 0 Å². The van der Waals surface area contributed by atoms with Crippen LogP contribution in [0.1, 0.15) is 117 Å². The van der Waals surface area contributed by atoms with Crippen molar-refractivity contribution in [3.63, 3.8) is 0 Å². The number of unbranched alkanes of at least 4 members (excludes halogenated alkanes) is 9. The van der Waals surface area contributed by atoms with Gasteiger partial charge in [-0.1, -0.05) is 91.4 Å². The smallest absolute Gasteiger partial charge is 0.305 e. The summed E-state index contributed by atoms with van der Waals surface area (Å²) in [5.41, 5.74) is 0. The Morgan fingerprint density at radius 2 is 1.38 bits per heavy atom. The molecule has 3 unspecified atom stereocenters. The van der Waals surface area contributed by atoms with E-state index in [1.807, 2.05) is 0 Å². The molecule has 3 atom stereocenters. The zero-order valence-electron chi connectivity index (χ0n) is 17.8. The van der Waals surface area contributed by atoms with E-state index in [1.165, 1.54) is 70.6 Å². The fraction of sp³-hybridized carbons (Fsp3) is 0.957. The van der Waals surface area contributed by atoms with Crippen molar-refractivity contribution in [3.8, 4) is 0 Å². The maximum Gasteiger partial charge on any atom is 0.305 e. The SMILES string of the molecule is CCCCCCCCC1OC1CCCCCCCC(=O)OCC(C)CC. The first kappa shape index (κ1) is 23.5. The molecule has 1 rings (SSSR count). The van der Waals surface area contributed by atoms with Crippen molar-refractivity contribution in [1.29, 1.82) is 0 Å². The third-order valence-corrected chi connectivity index (χ3v) is 5.63. The van der Waals surface area contributed by atoms with Crippen LogP contribution in [-0.4, -0.2) is 24.8 Å². The standard InChI is InChI=1S/C23H44O3/c1-4-6-7-8-10-13-16-21-22(26-21)17-14-11-9-12-15-18-23(24)25-19-20(3)5-2/h20-22H,4-19H2,1-3H3. The lowest BCUT2D eigenvalue weighted by molar-refractivity contribution is -0.145. The van der Waals surface area contributed by atoms with Crippen LogP contribution in [0.25, 0.3) is 0 Å². The van der Waals surface area contributed by atoms with Gasteiger partial charge in [0.05, 0.1) is 18.8 Å². The van der Waals surface area contributed by atoms with E-state index < -0.39 is 0 Å². The second-order valence-corrected chi connectivity index (χ2v) is 8.27. The van der Waals surface area contributed by atoms with Crippen LogP contribution in [-0.2, 0) is 14.3 Å². The lowest BCUT2D eigenvalue weighted by Crippen LogP contribution is -2.11. The first-order valence-corrected chi connectivity index (χ1v) is 11.5. The van der Waals surface area contributed by atoms with Crippen LogP contribution in [0.3, 0.4) is 0 Å². The minimum absolute atomic E-state index is 0.0192. The molecule has 154 valence electrons. The van der Waals surface area contributed by atoms with Gasteiger partial charge in [0.1, 0.15) is 0 Å². The number of ether oxygens (including phenoxy) is 2. The highest BCUT2D eigenvalue weighted by Crippen LogP contribution is 2.31. The molecule has 26 heavy (non-hydrogen) atoms. The summed E-state index contributed by atoms with van der Waals surface area (Å²) in [7, 11) is 0. The third-order valence-electron chi connectivity index (χ3n) is 5.63. The number of hydrogen-bond acceptors (Lipinski definition) is 3. The molecule has 0 aliphatic carbocycles. The predicted octanol–water partition coefficient (Wildman–Crippen LogP) is 6.82. The Hall–Kier alpha value is -0.570. The minimum Gasteiger partial charge on any atom is -0.465 e. The molecule has 0 radical (unpaired) electrons. The molecule has 1 fully saturated rings. The van der Waals surface area contributed by atoms with Gasteiger partial charge in [0.2, 0.25) is 0 Å². The van der Waals surface area contributed by atoms with E-state index in [2.05, 4.69) is 20.8 Å². The average molecular weight is 369 g/mol. The van der Waals surface area contributed by atoms with Crippen LogP contribution in [0.15, 0.2) is 0 Å². The van der Waals surface area contributed by atoms with Gasteiger partial charge >= 0.3 is 5.97 Å². The monoisotopic (exact) mass is 368 g/mol. The number of rotatable bonds is 18. The summed E-state index contributed by atoms with van der Waals surface area (Å²) < 4.78 is 11.1. The van der Waals surface area contributed by atoms with E-state index in [0.29, 0.717) is 31.2 Å². The molecule has 1 aliphatic rings. The predicted molar refractivity (Wildman–Crippen MR) is 109 cm³/mol. The molecule has 0 aromatic carbocycles. The second-order valence-electron chi connectivity index (χ2n) is 8.27. The van der Waals surface area contributed by atoms with E-state index in [1.54, 1.807) is 0 Å². The largest absolute Gasteiger partial charge is 0.465 e. The van der Waals surface area contributed by atoms with Gasteiger partial charge in [-0.15, -0.1) is 0 Å². The maximum absolute atomic E-state index is 11.6. The Morgan fingerprint density at radius 1 is 0.846 bits per heavy atom. The van der Waals surface area contributed by atoms with Crippen molar-refractivity contribution < 1.29 is 14.3 Å². The summed E-state index contributed by atoms with van der Waals surface area (Å²) in [6.07, 6.45) is 19.4. The van der Waals surface area contributed by atoms with Crippen molar-refractivity contribution in [2.24, 2.45) is 5.92 Å². The zero-order chi connectivity index (χ0) is 19.0. The van der Waals surface area contributed by atoms with Gasteiger partial charge in [0.15, 0.2) is 0 Å². The van der Waals surface area contributed by atoms with Gasteiger partial charge in [-0.3, -0.25) is 4.79 Å². The normalized spacial score (nSPS) is 20.1. The van der Waals surface area contributed by atoms with E-state index in [4.69, 9.17) is 9.47 Å². The zero-order valence-corrected chi connectivity index (χ0v) is 17.8. The molecule has 3 nitrogen and oxygen atoms in total. The number of esters is 1. The third kappa shape index (κ3) is 12.7. The number of carbonyl (C=O) groups excluding carboxylic acids is 1. The minimum atomic E-state index is -0.0192. The first-order valence-electron chi connectivity index (χ1n) is 11.5. The molecular formula is C23H44O3. The Bertz CT molecular complexity index is 342. The van der Waals surface area contributed by atoms with Gasteiger partial charge in [-0.05, 0) is 25.2 Å². The molecular weight excluding hydrogens is 324 g/mol. The number of epoxide rings is 1. The summed E-state index contributed by atoms with van der Waals surface area (Å²) in [6, 6.07) is 0. The van der Waals surface area contributed by atoms with Crippen LogP contribution < -0.4 is 0 Å². The molecule has 3 heteroatoms. The van der Waals surface area contributed by atoms with E-state index in [0.717, 1.165) is 19.3 Å². The Kier molecular flexibility index (Phi) is 14.0. The fourth-order valence-electron chi connectivity index (χ4n) is 3.38. The lowest BCUT2D eigenvalue weighted by Gasteiger charge is -2.09. The summed E-state index contributed by atoms with van der Waals surface area (Å²) in [5, 5.41) is 0. The van der Waals surface area contributed by atoms with Crippen molar-refractivity contribution in [2.75, 3.05) is 6.61 Å². The first-order chi connectivity index (χ1) is 12.7. The average Bonchev–Trinajstić information content (AvgIpc) is 3.39. The molecule has 1 heterocycles. The Labute approximate surface area is 162 Å². The fourth-order valence-corrected chi connectivity index (χ4v) is 3.38. The van der Waals surface area contributed by atoms with Crippen molar-refractivity contribution in [1.82, 2.24) is 0 Å². The second kappa shape index (κ2) is 15.5. The molecule has 0 amide bonds. The van der Waals surface area contributed by atoms with Crippen LogP contribution in [0.5, 0.6) is 0 Å². The van der Waals surface area contributed by atoms with Gasteiger partial charge in [-0.2, -0.15) is 0 Å². The van der Waals surface area contributed by atoms with Crippen LogP contribution in [0, 0.1) is 5.92 Å². The van der Waals surface area contributed by atoms with E-state index in [-0.39, 0.29) is 5.97 Å². The highest BCUT2D eigenvalue weighted by Gasteiger charge is 2.36. The van der Waals surface area contributed by atoms with Crippen LogP contribution in [0.4, 0.5) is 0 Å². The van der Waals surface area contributed by atoms with E-state index in [9.17, 15) is 4.79 Å². The van der Waals surface area contributed by atoms with Gasteiger partial charge < -0.3 is 9.47 Å². The van der Waals surface area contributed by atoms with Crippen molar-refractivity contribution in [3.05, 3.63) is 0 Å².